The second-order valence-electron chi connectivity index (χ2n) is 1.96. The molecule has 0 aromatic rings. The monoisotopic (exact) mass is 182 g/mol. The summed E-state index contributed by atoms with van der Waals surface area (Å²) < 4.78 is 0. The maximum absolute atomic E-state index is 8.24. The third-order valence-electron chi connectivity index (χ3n) is 1.11. The van der Waals surface area contributed by atoms with Crippen molar-refractivity contribution in [2.24, 2.45) is 10.9 Å². The summed E-state index contributed by atoms with van der Waals surface area (Å²) in [5.74, 6) is 0.124. The molecule has 0 radical (unpaired) electrons. The van der Waals surface area contributed by atoms with Gasteiger partial charge in [0.25, 0.3) is 0 Å². The van der Waals surface area contributed by atoms with Crippen molar-refractivity contribution < 1.29 is 5.21 Å². The summed E-state index contributed by atoms with van der Waals surface area (Å²) in [6.45, 7) is 9.25. The third kappa shape index (κ3) is 8.40. The number of allylic oxidation sites excluding steroid dienone is 4. The second kappa shape index (κ2) is 10.5. The lowest BCUT2D eigenvalue weighted by Gasteiger charge is -1.93. The van der Waals surface area contributed by atoms with Crippen LogP contribution in [-0.4, -0.2) is 11.0 Å². The molecule has 0 amide bonds. The van der Waals surface area contributed by atoms with Crippen molar-refractivity contribution in [1.82, 2.24) is 0 Å². The normalized spacial score (nSPS) is 12.2. The summed E-state index contributed by atoms with van der Waals surface area (Å²) in [6.07, 6.45) is 6.90. The van der Waals surface area contributed by atoms with E-state index in [1.165, 1.54) is 0 Å². The summed E-state index contributed by atoms with van der Waals surface area (Å²) in [6, 6.07) is 0. The van der Waals surface area contributed by atoms with E-state index in [1.54, 1.807) is 31.2 Å². The zero-order valence-electron chi connectivity index (χ0n) is 8.49. The molecule has 0 aliphatic rings. The van der Waals surface area contributed by atoms with Gasteiger partial charge in [-0.25, -0.2) is 0 Å². The lowest BCUT2D eigenvalue weighted by molar-refractivity contribution is 0.318. The van der Waals surface area contributed by atoms with E-state index in [0.29, 0.717) is 5.57 Å². The molecule has 0 saturated heterocycles. The van der Waals surface area contributed by atoms with E-state index in [2.05, 4.69) is 11.7 Å². The minimum atomic E-state index is 0.124. The molecule has 3 nitrogen and oxygen atoms in total. The highest BCUT2D eigenvalue weighted by Crippen LogP contribution is 1.92. The van der Waals surface area contributed by atoms with Gasteiger partial charge in [0.2, 0.25) is 0 Å². The van der Waals surface area contributed by atoms with Crippen LogP contribution in [0.5, 0.6) is 0 Å². The fraction of sp³-hybridized carbons (Fsp3) is 0.300. The first kappa shape index (κ1) is 14.0. The van der Waals surface area contributed by atoms with E-state index in [1.807, 2.05) is 13.8 Å². The van der Waals surface area contributed by atoms with Crippen LogP contribution >= 0.6 is 0 Å². The molecule has 0 aromatic heterocycles. The second-order valence-corrected chi connectivity index (χ2v) is 1.96. The Bertz CT molecular complexity index is 215. The molecular formula is C10H18N2O. The van der Waals surface area contributed by atoms with Crippen molar-refractivity contribution in [1.29, 1.82) is 0 Å². The molecule has 3 N–H and O–H groups in total. The van der Waals surface area contributed by atoms with Gasteiger partial charge in [0.05, 0.1) is 0 Å². The van der Waals surface area contributed by atoms with E-state index >= 15 is 0 Å². The summed E-state index contributed by atoms with van der Waals surface area (Å²) in [5, 5.41) is 11.1. The van der Waals surface area contributed by atoms with E-state index in [4.69, 9.17) is 10.9 Å². The molecule has 13 heavy (non-hydrogen) atoms. The first-order valence-electron chi connectivity index (χ1n) is 4.16. The Kier molecular flexibility index (Phi) is 11.3. The maximum Gasteiger partial charge on any atom is 0.165 e. The average Bonchev–Trinajstić information content (AvgIpc) is 2.20. The SMILES string of the molecule is C=C\C=C/C=C(C)/C(N)=N/O.CC. The molecule has 0 atom stereocenters. The van der Waals surface area contributed by atoms with E-state index < -0.39 is 0 Å². The quantitative estimate of drug-likeness (QED) is 0.231. The summed E-state index contributed by atoms with van der Waals surface area (Å²) in [7, 11) is 0. The maximum atomic E-state index is 8.24. The van der Waals surface area contributed by atoms with Gasteiger partial charge in [0.1, 0.15) is 0 Å². The van der Waals surface area contributed by atoms with Gasteiger partial charge in [-0.15, -0.1) is 0 Å². The van der Waals surface area contributed by atoms with Crippen LogP contribution in [0.2, 0.25) is 0 Å². The number of amidine groups is 1. The number of hydrogen-bond donors (Lipinski definition) is 2. The molecule has 0 aromatic carbocycles. The largest absolute Gasteiger partial charge is 0.409 e. The van der Waals surface area contributed by atoms with Crippen molar-refractivity contribution in [2.75, 3.05) is 0 Å². The molecule has 0 fully saturated rings. The van der Waals surface area contributed by atoms with Crippen LogP contribution in [0.15, 0.2) is 41.6 Å². The fourth-order valence-electron chi connectivity index (χ4n) is 0.443. The Morgan fingerprint density at radius 1 is 1.38 bits per heavy atom. The first-order valence-corrected chi connectivity index (χ1v) is 4.16. The van der Waals surface area contributed by atoms with Crippen LogP contribution in [0.4, 0.5) is 0 Å². The van der Waals surface area contributed by atoms with Crippen molar-refractivity contribution >= 4 is 5.84 Å². The number of nitrogens with zero attached hydrogens (tertiary/aromatic N) is 1. The van der Waals surface area contributed by atoms with Crippen LogP contribution in [-0.2, 0) is 0 Å². The highest BCUT2D eigenvalue weighted by atomic mass is 16.4. The molecule has 0 rings (SSSR count). The molecule has 0 saturated carbocycles. The van der Waals surface area contributed by atoms with Gasteiger partial charge >= 0.3 is 0 Å². The standard InChI is InChI=1S/C8H12N2O.C2H6/c1-3-4-5-6-7(2)8(9)10-11;1-2/h3-6,11H,1H2,2H3,(H2,9,10);1-2H3/b5-4-,7-6+;. The summed E-state index contributed by atoms with van der Waals surface area (Å²) in [5.41, 5.74) is 5.98. The van der Waals surface area contributed by atoms with Crippen LogP contribution < -0.4 is 5.73 Å². The number of rotatable bonds is 3. The van der Waals surface area contributed by atoms with Gasteiger partial charge in [0.15, 0.2) is 5.84 Å². The van der Waals surface area contributed by atoms with Gasteiger partial charge in [-0.1, -0.05) is 49.9 Å². The molecular weight excluding hydrogens is 164 g/mol. The lowest BCUT2D eigenvalue weighted by Crippen LogP contribution is -2.12. The minimum Gasteiger partial charge on any atom is -0.409 e. The Morgan fingerprint density at radius 2 is 1.92 bits per heavy atom. The van der Waals surface area contributed by atoms with Crippen LogP contribution in [0.1, 0.15) is 20.8 Å². The third-order valence-corrected chi connectivity index (χ3v) is 1.11. The highest BCUT2D eigenvalue weighted by Gasteiger charge is 1.91. The zero-order valence-corrected chi connectivity index (χ0v) is 8.49. The van der Waals surface area contributed by atoms with Crippen LogP contribution in [0.3, 0.4) is 0 Å². The van der Waals surface area contributed by atoms with Gasteiger partial charge in [-0.2, -0.15) is 0 Å². The molecule has 0 heterocycles. The van der Waals surface area contributed by atoms with E-state index in [0.717, 1.165) is 0 Å². The number of hydrogen-bond acceptors (Lipinski definition) is 2. The fourth-order valence-corrected chi connectivity index (χ4v) is 0.443. The minimum absolute atomic E-state index is 0.124. The smallest absolute Gasteiger partial charge is 0.165 e. The predicted octanol–water partition coefficient (Wildman–Crippen LogP) is 2.45. The topological polar surface area (TPSA) is 58.6 Å². The lowest BCUT2D eigenvalue weighted by atomic mass is 10.2. The van der Waals surface area contributed by atoms with Crippen molar-refractivity contribution in [3.63, 3.8) is 0 Å². The molecule has 0 bridgehead atoms. The Hall–Kier alpha value is -1.51. The van der Waals surface area contributed by atoms with Gasteiger partial charge in [-0.3, -0.25) is 0 Å². The number of oxime groups is 1. The summed E-state index contributed by atoms with van der Waals surface area (Å²) in [4.78, 5) is 0. The Balaban J connectivity index is 0. The van der Waals surface area contributed by atoms with Crippen LogP contribution in [0.25, 0.3) is 0 Å². The van der Waals surface area contributed by atoms with Gasteiger partial charge in [-0.05, 0) is 12.5 Å². The average molecular weight is 182 g/mol. The van der Waals surface area contributed by atoms with Crippen molar-refractivity contribution in [3.05, 3.63) is 36.5 Å². The molecule has 0 spiro atoms. The molecule has 74 valence electrons. The zero-order chi connectivity index (χ0) is 10.7. The molecule has 3 heteroatoms. The number of nitrogens with two attached hydrogens (primary N) is 1. The highest BCUT2D eigenvalue weighted by molar-refractivity contribution is 5.96. The first-order chi connectivity index (χ1) is 6.22. The molecule has 0 unspecified atom stereocenters. The predicted molar refractivity (Wildman–Crippen MR) is 57.9 cm³/mol. The van der Waals surface area contributed by atoms with Gasteiger partial charge in [0, 0.05) is 0 Å². The molecule has 0 aliphatic carbocycles. The van der Waals surface area contributed by atoms with Gasteiger partial charge < -0.3 is 10.9 Å². The van der Waals surface area contributed by atoms with E-state index in [9.17, 15) is 0 Å². The van der Waals surface area contributed by atoms with Crippen LogP contribution in [0, 0.1) is 0 Å². The Labute approximate surface area is 79.9 Å². The van der Waals surface area contributed by atoms with Crippen molar-refractivity contribution in [3.8, 4) is 0 Å². The Morgan fingerprint density at radius 3 is 2.31 bits per heavy atom. The van der Waals surface area contributed by atoms with Crippen molar-refractivity contribution in [2.45, 2.75) is 20.8 Å². The molecule has 0 aliphatic heterocycles. The summed E-state index contributed by atoms with van der Waals surface area (Å²) >= 11 is 0. The van der Waals surface area contributed by atoms with E-state index in [-0.39, 0.29) is 5.84 Å².